The number of carbonyl (C=O) groups is 2. The van der Waals surface area contributed by atoms with Gasteiger partial charge in [-0.2, -0.15) is 4.98 Å². The molecule has 36 heavy (non-hydrogen) atoms. The lowest BCUT2D eigenvalue weighted by Gasteiger charge is -2.25. The Balaban J connectivity index is 1.25. The molecule has 12 heteroatoms. The molecule has 1 aliphatic heterocycles. The van der Waals surface area contributed by atoms with Gasteiger partial charge in [0.25, 0.3) is 0 Å². The van der Waals surface area contributed by atoms with Gasteiger partial charge < -0.3 is 25.0 Å². The number of aliphatic hydroxyl groups is 1. The number of ether oxygens (including phenoxy) is 1. The van der Waals surface area contributed by atoms with Crippen LogP contribution in [-0.4, -0.2) is 61.7 Å². The van der Waals surface area contributed by atoms with Gasteiger partial charge in [0.05, 0.1) is 23.7 Å². The standard InChI is InChI=1S/C24H30N6O6/c31-17-7-5-16(6-8-17)26-21(32)22-27-20(28-36-22)13-25-23(33)30-19-4-2-1-3-18(19)29(24(30)34)14-15-9-11-35-12-10-15/h1-4,15-17,31H,5-14H2,(H,25,33)(H,26,32). The van der Waals surface area contributed by atoms with E-state index in [4.69, 9.17) is 9.26 Å². The lowest BCUT2D eigenvalue weighted by molar-refractivity contribution is 0.0613. The molecule has 1 saturated carbocycles. The summed E-state index contributed by atoms with van der Waals surface area (Å²) in [5.74, 6) is -0.266. The fourth-order valence-electron chi connectivity index (χ4n) is 4.89. The molecule has 0 atom stereocenters. The molecular formula is C24H30N6O6. The van der Waals surface area contributed by atoms with Crippen molar-refractivity contribution in [3.63, 3.8) is 0 Å². The summed E-state index contributed by atoms with van der Waals surface area (Å²) < 4.78 is 13.2. The van der Waals surface area contributed by atoms with Crippen molar-refractivity contribution in [1.82, 2.24) is 29.9 Å². The van der Waals surface area contributed by atoms with E-state index in [0.717, 1.165) is 17.4 Å². The van der Waals surface area contributed by atoms with Crippen molar-refractivity contribution in [2.75, 3.05) is 13.2 Å². The first-order valence-corrected chi connectivity index (χ1v) is 12.4. The minimum atomic E-state index is -0.613. The maximum Gasteiger partial charge on any atom is 0.337 e. The normalized spacial score (nSPS) is 20.9. The monoisotopic (exact) mass is 498 g/mol. The molecule has 1 aliphatic carbocycles. The van der Waals surface area contributed by atoms with Crippen LogP contribution < -0.4 is 16.3 Å². The number of para-hydroxylation sites is 2. The molecule has 0 bridgehead atoms. The molecule has 3 heterocycles. The van der Waals surface area contributed by atoms with Crippen LogP contribution in [0.3, 0.4) is 0 Å². The molecule has 3 N–H and O–H groups in total. The van der Waals surface area contributed by atoms with E-state index in [9.17, 15) is 19.5 Å². The van der Waals surface area contributed by atoms with E-state index in [0.29, 0.717) is 62.4 Å². The average molecular weight is 499 g/mol. The van der Waals surface area contributed by atoms with Crippen LogP contribution >= 0.6 is 0 Å². The number of nitrogens with zero attached hydrogens (tertiary/aromatic N) is 4. The summed E-state index contributed by atoms with van der Waals surface area (Å²) in [4.78, 5) is 42.7. The topological polar surface area (TPSA) is 154 Å². The Morgan fingerprint density at radius 1 is 1.06 bits per heavy atom. The quantitative estimate of drug-likeness (QED) is 0.461. The first-order valence-electron chi connectivity index (χ1n) is 12.4. The lowest BCUT2D eigenvalue weighted by atomic mass is 9.93. The highest BCUT2D eigenvalue weighted by Crippen LogP contribution is 2.20. The summed E-state index contributed by atoms with van der Waals surface area (Å²) in [7, 11) is 0. The highest BCUT2D eigenvalue weighted by atomic mass is 16.5. The molecule has 2 aromatic heterocycles. The second-order valence-corrected chi connectivity index (χ2v) is 9.43. The van der Waals surface area contributed by atoms with E-state index in [2.05, 4.69) is 20.8 Å². The lowest BCUT2D eigenvalue weighted by Crippen LogP contribution is -2.38. The molecule has 0 spiro atoms. The van der Waals surface area contributed by atoms with E-state index in [-0.39, 0.29) is 30.4 Å². The summed E-state index contributed by atoms with van der Waals surface area (Å²) in [6, 6.07) is 6.52. The maximum atomic E-state index is 13.2. The molecule has 192 valence electrons. The van der Waals surface area contributed by atoms with Gasteiger partial charge in [0.15, 0.2) is 5.82 Å². The number of aromatic nitrogens is 4. The van der Waals surface area contributed by atoms with E-state index >= 15 is 0 Å². The zero-order valence-electron chi connectivity index (χ0n) is 19.9. The number of fused-ring (bicyclic) bond motifs is 1. The Morgan fingerprint density at radius 3 is 2.53 bits per heavy atom. The van der Waals surface area contributed by atoms with Gasteiger partial charge in [0, 0.05) is 25.8 Å². The predicted octanol–water partition coefficient (Wildman–Crippen LogP) is 1.40. The molecule has 12 nitrogen and oxygen atoms in total. The Hall–Kier alpha value is -3.51. The number of amides is 2. The van der Waals surface area contributed by atoms with Gasteiger partial charge >= 0.3 is 23.5 Å². The van der Waals surface area contributed by atoms with Gasteiger partial charge in [-0.3, -0.25) is 9.36 Å². The highest BCUT2D eigenvalue weighted by molar-refractivity contribution is 5.90. The Kier molecular flexibility index (Phi) is 7.14. The highest BCUT2D eigenvalue weighted by Gasteiger charge is 2.25. The van der Waals surface area contributed by atoms with Crippen molar-refractivity contribution in [3.05, 3.63) is 46.5 Å². The second kappa shape index (κ2) is 10.6. The fourth-order valence-corrected chi connectivity index (χ4v) is 4.89. The van der Waals surface area contributed by atoms with E-state index in [1.54, 1.807) is 16.7 Å². The number of nitrogens with one attached hydrogen (secondary N) is 2. The molecule has 0 unspecified atom stereocenters. The van der Waals surface area contributed by atoms with Crippen molar-refractivity contribution in [1.29, 1.82) is 0 Å². The maximum absolute atomic E-state index is 13.2. The molecule has 0 radical (unpaired) electrons. The predicted molar refractivity (Wildman–Crippen MR) is 127 cm³/mol. The van der Waals surface area contributed by atoms with Crippen molar-refractivity contribution in [2.45, 2.75) is 63.8 Å². The average Bonchev–Trinajstić information content (AvgIpc) is 3.48. The van der Waals surface area contributed by atoms with Gasteiger partial charge in [-0.25, -0.2) is 14.2 Å². The van der Waals surface area contributed by atoms with Crippen molar-refractivity contribution < 1.29 is 24.0 Å². The van der Waals surface area contributed by atoms with Gasteiger partial charge in [0.2, 0.25) is 0 Å². The summed E-state index contributed by atoms with van der Waals surface area (Å²) in [5.41, 5.74) is 0.793. The number of benzene rings is 1. The molecule has 3 aromatic rings. The van der Waals surface area contributed by atoms with Crippen molar-refractivity contribution >= 4 is 23.0 Å². The number of carbonyl (C=O) groups excluding carboxylic acids is 2. The molecule has 1 aromatic carbocycles. The largest absolute Gasteiger partial charge is 0.393 e. The first kappa shape index (κ1) is 24.2. The van der Waals surface area contributed by atoms with Crippen LogP contribution in [0.5, 0.6) is 0 Å². The third-order valence-electron chi connectivity index (χ3n) is 6.91. The van der Waals surface area contributed by atoms with Gasteiger partial charge in [0.1, 0.15) is 0 Å². The summed E-state index contributed by atoms with van der Waals surface area (Å²) in [5, 5.41) is 18.9. The summed E-state index contributed by atoms with van der Waals surface area (Å²) in [6.45, 7) is 1.75. The van der Waals surface area contributed by atoms with Crippen LogP contribution in [0.25, 0.3) is 11.0 Å². The van der Waals surface area contributed by atoms with E-state index in [1.165, 1.54) is 0 Å². The number of hydrogen-bond donors (Lipinski definition) is 3. The van der Waals surface area contributed by atoms with Crippen molar-refractivity contribution in [3.8, 4) is 0 Å². The minimum Gasteiger partial charge on any atom is -0.393 e. The molecule has 1 saturated heterocycles. The fraction of sp³-hybridized carbons (Fsp3) is 0.542. The smallest absolute Gasteiger partial charge is 0.337 e. The molecular weight excluding hydrogens is 468 g/mol. The number of hydrogen-bond acceptors (Lipinski definition) is 8. The molecule has 2 fully saturated rings. The number of imidazole rings is 1. The summed E-state index contributed by atoms with van der Waals surface area (Å²) >= 11 is 0. The van der Waals surface area contributed by atoms with Crippen LogP contribution in [0.2, 0.25) is 0 Å². The van der Waals surface area contributed by atoms with Crippen LogP contribution in [-0.2, 0) is 17.8 Å². The molecule has 2 aliphatic rings. The van der Waals surface area contributed by atoms with Gasteiger partial charge in [-0.1, -0.05) is 17.3 Å². The Morgan fingerprint density at radius 2 is 1.78 bits per heavy atom. The van der Waals surface area contributed by atoms with Crippen LogP contribution in [0, 0.1) is 5.92 Å². The Bertz CT molecular complexity index is 1280. The minimum absolute atomic E-state index is 0.0544. The van der Waals surface area contributed by atoms with Crippen LogP contribution in [0.15, 0.2) is 33.6 Å². The second-order valence-electron chi connectivity index (χ2n) is 9.43. The van der Waals surface area contributed by atoms with Crippen molar-refractivity contribution in [2.24, 2.45) is 5.92 Å². The van der Waals surface area contributed by atoms with Crippen LogP contribution in [0.4, 0.5) is 4.79 Å². The number of rotatable bonds is 6. The SMILES string of the molecule is O=C(NC1CCC(O)CC1)c1nc(CNC(=O)n2c(=O)n(CC3CCOCC3)c3ccccc32)no1. The van der Waals surface area contributed by atoms with Gasteiger partial charge in [-0.05, 0) is 56.6 Å². The zero-order valence-corrected chi connectivity index (χ0v) is 19.9. The first-order chi connectivity index (χ1) is 17.5. The third kappa shape index (κ3) is 5.19. The Labute approximate surface area is 206 Å². The van der Waals surface area contributed by atoms with Crippen LogP contribution in [0.1, 0.15) is 55.0 Å². The zero-order chi connectivity index (χ0) is 25.1. The summed E-state index contributed by atoms with van der Waals surface area (Å²) in [6.07, 6.45) is 4.05. The third-order valence-corrected chi connectivity index (χ3v) is 6.91. The van der Waals surface area contributed by atoms with E-state index < -0.39 is 17.6 Å². The van der Waals surface area contributed by atoms with Gasteiger partial charge in [-0.15, -0.1) is 0 Å². The molecule has 2 amide bonds. The van der Waals surface area contributed by atoms with E-state index in [1.807, 2.05) is 12.1 Å². The number of aliphatic hydroxyl groups excluding tert-OH is 1. The molecule has 5 rings (SSSR count).